The molecule has 0 fully saturated rings. The van der Waals surface area contributed by atoms with Gasteiger partial charge in [0.05, 0.1) is 0 Å². The Kier molecular flexibility index (Phi) is 5.30. The van der Waals surface area contributed by atoms with E-state index in [2.05, 4.69) is 51.2 Å². The van der Waals surface area contributed by atoms with Crippen molar-refractivity contribution in [3.63, 3.8) is 0 Å². The largest absolute Gasteiger partial charge is 0.311 e. The first-order chi connectivity index (χ1) is 7.52. The van der Waals surface area contributed by atoms with E-state index in [1.165, 1.54) is 16.7 Å². The third-order valence-corrected chi connectivity index (χ3v) is 3.67. The van der Waals surface area contributed by atoms with E-state index in [1.807, 2.05) is 0 Å². The molecule has 1 unspecified atom stereocenters. The number of aryl methyl sites for hydroxylation is 2. The Morgan fingerprint density at radius 2 is 1.75 bits per heavy atom. The average molecular weight is 240 g/mol. The molecule has 0 spiro atoms. The molecule has 1 aromatic rings. The summed E-state index contributed by atoms with van der Waals surface area (Å²) in [5.74, 6) is 0.520. The van der Waals surface area contributed by atoms with Crippen LogP contribution in [0.3, 0.4) is 0 Å². The summed E-state index contributed by atoms with van der Waals surface area (Å²) < 4.78 is 0. The normalized spacial score (nSPS) is 13.1. The Balaban J connectivity index is 2.49. The standard InChI is InChI=1S/C14H22ClN/c1-10(2)14(15)9-16-8-13-11(3)6-5-7-12(13)4/h5-7,10,14,16H,8-9H2,1-4H3. The molecule has 1 aromatic carbocycles. The molecule has 0 radical (unpaired) electrons. The Hall–Kier alpha value is -0.530. The van der Waals surface area contributed by atoms with E-state index in [4.69, 9.17) is 11.6 Å². The molecule has 0 bridgehead atoms. The van der Waals surface area contributed by atoms with E-state index < -0.39 is 0 Å². The zero-order valence-electron chi connectivity index (χ0n) is 10.7. The molecule has 1 N–H and O–H groups in total. The number of nitrogens with one attached hydrogen (secondary N) is 1. The highest BCUT2D eigenvalue weighted by atomic mass is 35.5. The summed E-state index contributed by atoms with van der Waals surface area (Å²) in [5, 5.41) is 3.64. The van der Waals surface area contributed by atoms with Gasteiger partial charge in [-0.25, -0.2) is 0 Å². The number of halogens is 1. The van der Waals surface area contributed by atoms with Crippen molar-refractivity contribution in [2.75, 3.05) is 6.54 Å². The van der Waals surface area contributed by atoms with Crippen LogP contribution < -0.4 is 5.32 Å². The molecular formula is C14H22ClN. The van der Waals surface area contributed by atoms with Crippen molar-refractivity contribution in [3.05, 3.63) is 34.9 Å². The summed E-state index contributed by atoms with van der Waals surface area (Å²) in [6.45, 7) is 10.4. The van der Waals surface area contributed by atoms with Crippen LogP contribution in [0.4, 0.5) is 0 Å². The van der Waals surface area contributed by atoms with Gasteiger partial charge in [0.2, 0.25) is 0 Å². The third kappa shape index (κ3) is 3.80. The van der Waals surface area contributed by atoms with Gasteiger partial charge in [0.1, 0.15) is 0 Å². The molecular weight excluding hydrogens is 218 g/mol. The fraction of sp³-hybridized carbons (Fsp3) is 0.571. The molecule has 0 aromatic heterocycles. The molecule has 90 valence electrons. The summed E-state index contributed by atoms with van der Waals surface area (Å²) in [7, 11) is 0. The Labute approximate surface area is 104 Å². The third-order valence-electron chi connectivity index (χ3n) is 3.01. The second-order valence-corrected chi connectivity index (χ2v) is 5.32. The molecule has 0 aliphatic rings. The zero-order valence-corrected chi connectivity index (χ0v) is 11.4. The van der Waals surface area contributed by atoms with E-state index in [1.54, 1.807) is 0 Å². The lowest BCUT2D eigenvalue weighted by Crippen LogP contribution is -2.26. The minimum atomic E-state index is 0.212. The predicted octanol–water partition coefficient (Wildman–Crippen LogP) is 3.66. The van der Waals surface area contributed by atoms with Crippen LogP contribution in [0.5, 0.6) is 0 Å². The quantitative estimate of drug-likeness (QED) is 0.774. The van der Waals surface area contributed by atoms with Crippen LogP contribution in [0.15, 0.2) is 18.2 Å². The number of rotatable bonds is 5. The Morgan fingerprint density at radius 1 is 1.19 bits per heavy atom. The van der Waals surface area contributed by atoms with E-state index in [0.717, 1.165) is 13.1 Å². The molecule has 0 aliphatic carbocycles. The monoisotopic (exact) mass is 239 g/mol. The maximum absolute atomic E-state index is 6.20. The maximum Gasteiger partial charge on any atom is 0.0483 e. The maximum atomic E-state index is 6.20. The molecule has 1 rings (SSSR count). The lowest BCUT2D eigenvalue weighted by molar-refractivity contribution is 0.545. The molecule has 2 heteroatoms. The van der Waals surface area contributed by atoms with Crippen LogP contribution >= 0.6 is 11.6 Å². The van der Waals surface area contributed by atoms with Crippen LogP contribution in [-0.4, -0.2) is 11.9 Å². The Bertz CT molecular complexity index is 313. The lowest BCUT2D eigenvalue weighted by atomic mass is 10.0. The van der Waals surface area contributed by atoms with Crippen LogP contribution in [0.1, 0.15) is 30.5 Å². The van der Waals surface area contributed by atoms with Crippen molar-refractivity contribution in [1.82, 2.24) is 5.32 Å². The Morgan fingerprint density at radius 3 is 2.25 bits per heavy atom. The molecule has 0 saturated heterocycles. The number of hydrogen-bond donors (Lipinski definition) is 1. The average Bonchev–Trinajstić information content (AvgIpc) is 2.22. The molecule has 16 heavy (non-hydrogen) atoms. The van der Waals surface area contributed by atoms with E-state index in [9.17, 15) is 0 Å². The summed E-state index contributed by atoms with van der Waals surface area (Å²) in [6, 6.07) is 6.42. The fourth-order valence-corrected chi connectivity index (χ4v) is 1.81. The topological polar surface area (TPSA) is 12.0 Å². The minimum absolute atomic E-state index is 0.212. The smallest absolute Gasteiger partial charge is 0.0483 e. The highest BCUT2D eigenvalue weighted by Crippen LogP contribution is 2.13. The van der Waals surface area contributed by atoms with Crippen molar-refractivity contribution >= 4 is 11.6 Å². The van der Waals surface area contributed by atoms with Gasteiger partial charge in [0.25, 0.3) is 0 Å². The van der Waals surface area contributed by atoms with Gasteiger partial charge in [-0.1, -0.05) is 32.0 Å². The first kappa shape index (κ1) is 13.5. The van der Waals surface area contributed by atoms with E-state index in [0.29, 0.717) is 5.92 Å². The molecule has 1 nitrogen and oxygen atoms in total. The van der Waals surface area contributed by atoms with E-state index in [-0.39, 0.29) is 5.38 Å². The SMILES string of the molecule is Cc1cccc(C)c1CNCC(Cl)C(C)C. The summed E-state index contributed by atoms with van der Waals surface area (Å²) in [5.41, 5.74) is 4.10. The highest BCUT2D eigenvalue weighted by molar-refractivity contribution is 6.20. The lowest BCUT2D eigenvalue weighted by Gasteiger charge is -2.15. The number of benzene rings is 1. The summed E-state index contributed by atoms with van der Waals surface area (Å²) >= 11 is 6.20. The van der Waals surface area contributed by atoms with Gasteiger partial charge in [0, 0.05) is 18.5 Å². The minimum Gasteiger partial charge on any atom is -0.311 e. The van der Waals surface area contributed by atoms with Gasteiger partial charge in [-0.3, -0.25) is 0 Å². The second kappa shape index (κ2) is 6.27. The van der Waals surface area contributed by atoms with Crippen molar-refractivity contribution in [1.29, 1.82) is 0 Å². The molecule has 0 amide bonds. The van der Waals surface area contributed by atoms with Crippen LogP contribution in [0.25, 0.3) is 0 Å². The van der Waals surface area contributed by atoms with E-state index >= 15 is 0 Å². The first-order valence-electron chi connectivity index (χ1n) is 5.92. The van der Waals surface area contributed by atoms with Gasteiger partial charge < -0.3 is 5.32 Å². The summed E-state index contributed by atoms with van der Waals surface area (Å²) in [6.07, 6.45) is 0. The fourth-order valence-electron chi connectivity index (χ4n) is 1.70. The number of alkyl halides is 1. The van der Waals surface area contributed by atoms with Gasteiger partial charge in [-0.05, 0) is 36.5 Å². The van der Waals surface area contributed by atoms with Crippen molar-refractivity contribution in [2.24, 2.45) is 5.92 Å². The van der Waals surface area contributed by atoms with Gasteiger partial charge in [-0.15, -0.1) is 11.6 Å². The van der Waals surface area contributed by atoms with Crippen LogP contribution in [0, 0.1) is 19.8 Å². The van der Waals surface area contributed by atoms with Gasteiger partial charge in [-0.2, -0.15) is 0 Å². The van der Waals surface area contributed by atoms with Gasteiger partial charge >= 0.3 is 0 Å². The van der Waals surface area contributed by atoms with Crippen molar-refractivity contribution < 1.29 is 0 Å². The van der Waals surface area contributed by atoms with Crippen LogP contribution in [0.2, 0.25) is 0 Å². The second-order valence-electron chi connectivity index (χ2n) is 4.76. The van der Waals surface area contributed by atoms with Gasteiger partial charge in [0.15, 0.2) is 0 Å². The first-order valence-corrected chi connectivity index (χ1v) is 6.36. The zero-order chi connectivity index (χ0) is 12.1. The summed E-state index contributed by atoms with van der Waals surface area (Å²) in [4.78, 5) is 0. The number of hydrogen-bond acceptors (Lipinski definition) is 1. The van der Waals surface area contributed by atoms with Crippen molar-refractivity contribution in [3.8, 4) is 0 Å². The molecule has 1 atom stereocenters. The predicted molar refractivity (Wildman–Crippen MR) is 72.1 cm³/mol. The highest BCUT2D eigenvalue weighted by Gasteiger charge is 2.09. The molecule has 0 saturated carbocycles. The molecule has 0 heterocycles. The molecule has 0 aliphatic heterocycles. The van der Waals surface area contributed by atoms with Crippen molar-refractivity contribution in [2.45, 2.75) is 39.6 Å². The van der Waals surface area contributed by atoms with Crippen LogP contribution in [-0.2, 0) is 6.54 Å².